The quantitative estimate of drug-likeness (QED) is 0.598. The molecule has 0 unspecified atom stereocenters. The second-order valence-electron chi connectivity index (χ2n) is 7.41. The van der Waals surface area contributed by atoms with Crippen molar-refractivity contribution in [2.75, 3.05) is 13.2 Å². The minimum Gasteiger partial charge on any atom is -0.491 e. The van der Waals surface area contributed by atoms with Crippen molar-refractivity contribution in [1.29, 1.82) is 0 Å². The number of aryl methyl sites for hydroxylation is 2. The second kappa shape index (κ2) is 10.8. The highest BCUT2D eigenvalue weighted by molar-refractivity contribution is 5.72. The predicted octanol–water partition coefficient (Wildman–Crippen LogP) is 3.54. The first-order chi connectivity index (χ1) is 13.7. The molecule has 0 amide bonds. The van der Waals surface area contributed by atoms with E-state index in [0.717, 1.165) is 22.4 Å². The molecule has 0 saturated carbocycles. The van der Waals surface area contributed by atoms with Crippen LogP contribution in [0.4, 0.5) is 0 Å². The number of aliphatic hydroxyl groups is 1. The summed E-state index contributed by atoms with van der Waals surface area (Å²) in [4.78, 5) is 11.4. The number of benzene rings is 2. The Hall–Kier alpha value is -2.57. The van der Waals surface area contributed by atoms with E-state index in [2.05, 4.69) is 0 Å². The highest BCUT2D eigenvalue weighted by Crippen LogP contribution is 2.20. The van der Waals surface area contributed by atoms with Crippen molar-refractivity contribution < 1.29 is 29.2 Å². The van der Waals surface area contributed by atoms with Gasteiger partial charge in [-0.25, -0.2) is 4.79 Å². The standard InChI is InChI=1S/C23H30O6/c1-15(2)29-22(23(25)26)12-18-6-5-7-20(11-18)27-13-19(24)14-28-21-10-16(3)8-9-17(21)4/h5-11,15,19,22,24H,12-14H2,1-4H3,(H,25,26)/t19-,22+/m1/s1. The number of carboxylic acids is 1. The summed E-state index contributed by atoms with van der Waals surface area (Å²) in [6.07, 6.45) is -1.65. The lowest BCUT2D eigenvalue weighted by Gasteiger charge is -2.17. The van der Waals surface area contributed by atoms with Crippen molar-refractivity contribution in [3.8, 4) is 11.5 Å². The van der Waals surface area contributed by atoms with Crippen LogP contribution < -0.4 is 9.47 Å². The zero-order valence-corrected chi connectivity index (χ0v) is 17.4. The maximum atomic E-state index is 11.4. The van der Waals surface area contributed by atoms with Crippen LogP contribution in [0.2, 0.25) is 0 Å². The van der Waals surface area contributed by atoms with E-state index in [1.807, 2.05) is 38.1 Å². The van der Waals surface area contributed by atoms with E-state index in [1.165, 1.54) is 0 Å². The highest BCUT2D eigenvalue weighted by atomic mass is 16.5. The van der Waals surface area contributed by atoms with Crippen molar-refractivity contribution in [3.05, 3.63) is 59.2 Å². The Morgan fingerprint density at radius 1 is 1.03 bits per heavy atom. The third kappa shape index (κ3) is 7.75. The van der Waals surface area contributed by atoms with E-state index in [0.29, 0.717) is 5.75 Å². The van der Waals surface area contributed by atoms with Gasteiger partial charge in [0.1, 0.15) is 30.8 Å². The van der Waals surface area contributed by atoms with E-state index in [9.17, 15) is 15.0 Å². The molecule has 0 heterocycles. The van der Waals surface area contributed by atoms with Crippen LogP contribution in [0.25, 0.3) is 0 Å². The molecule has 2 atom stereocenters. The lowest BCUT2D eigenvalue weighted by Crippen LogP contribution is -2.29. The zero-order chi connectivity index (χ0) is 21.4. The van der Waals surface area contributed by atoms with E-state index in [-0.39, 0.29) is 25.7 Å². The number of aliphatic carboxylic acids is 1. The van der Waals surface area contributed by atoms with Crippen LogP contribution in [-0.4, -0.2) is 47.7 Å². The zero-order valence-electron chi connectivity index (χ0n) is 17.4. The van der Waals surface area contributed by atoms with E-state index in [1.54, 1.807) is 32.0 Å². The molecule has 2 N–H and O–H groups in total. The van der Waals surface area contributed by atoms with Gasteiger partial charge in [-0.1, -0.05) is 24.3 Å². The molecule has 2 aromatic carbocycles. The first-order valence-corrected chi connectivity index (χ1v) is 9.72. The summed E-state index contributed by atoms with van der Waals surface area (Å²) in [5, 5.41) is 19.5. The molecule has 158 valence electrons. The molecule has 0 radical (unpaired) electrons. The average molecular weight is 402 g/mol. The maximum absolute atomic E-state index is 11.4. The predicted molar refractivity (Wildman–Crippen MR) is 111 cm³/mol. The SMILES string of the molecule is Cc1ccc(C)c(OC[C@H](O)COc2cccc(C[C@H](OC(C)C)C(=O)O)c2)c1. The van der Waals surface area contributed by atoms with Gasteiger partial charge in [-0.05, 0) is 62.6 Å². The smallest absolute Gasteiger partial charge is 0.333 e. The summed E-state index contributed by atoms with van der Waals surface area (Å²) < 4.78 is 16.8. The lowest BCUT2D eigenvalue weighted by atomic mass is 10.1. The number of hydrogen-bond donors (Lipinski definition) is 2. The fraction of sp³-hybridized carbons (Fsp3) is 0.435. The Balaban J connectivity index is 1.87. The molecule has 2 rings (SSSR count). The number of rotatable bonds is 11. The van der Waals surface area contributed by atoms with Gasteiger partial charge in [0.25, 0.3) is 0 Å². The van der Waals surface area contributed by atoms with Crippen LogP contribution in [0.15, 0.2) is 42.5 Å². The van der Waals surface area contributed by atoms with Gasteiger partial charge in [0.05, 0.1) is 6.10 Å². The van der Waals surface area contributed by atoms with E-state index in [4.69, 9.17) is 14.2 Å². The first-order valence-electron chi connectivity index (χ1n) is 9.72. The van der Waals surface area contributed by atoms with Gasteiger partial charge in [0.2, 0.25) is 0 Å². The average Bonchev–Trinajstić information content (AvgIpc) is 2.66. The summed E-state index contributed by atoms with van der Waals surface area (Å²) in [6, 6.07) is 13.1. The van der Waals surface area contributed by atoms with Crippen LogP contribution >= 0.6 is 0 Å². The number of hydrogen-bond acceptors (Lipinski definition) is 5. The molecule has 6 heteroatoms. The summed E-state index contributed by atoms with van der Waals surface area (Å²) in [7, 11) is 0. The fourth-order valence-corrected chi connectivity index (χ4v) is 2.79. The number of aliphatic hydroxyl groups excluding tert-OH is 1. The normalized spacial score (nSPS) is 13.2. The summed E-state index contributed by atoms with van der Waals surface area (Å²) in [5.41, 5.74) is 2.89. The maximum Gasteiger partial charge on any atom is 0.333 e. The Morgan fingerprint density at radius 2 is 1.76 bits per heavy atom. The molecule has 0 spiro atoms. The molecule has 0 aliphatic carbocycles. The van der Waals surface area contributed by atoms with E-state index >= 15 is 0 Å². The topological polar surface area (TPSA) is 85.2 Å². The minimum atomic E-state index is -0.996. The summed E-state index contributed by atoms with van der Waals surface area (Å²) in [5.74, 6) is 0.307. The van der Waals surface area contributed by atoms with Crippen LogP contribution in [0.1, 0.15) is 30.5 Å². The number of carboxylic acid groups (broad SMARTS) is 1. The molecule has 6 nitrogen and oxygen atoms in total. The Labute approximate surface area is 172 Å². The van der Waals surface area contributed by atoms with Gasteiger partial charge in [-0.15, -0.1) is 0 Å². The molecule has 29 heavy (non-hydrogen) atoms. The summed E-state index contributed by atoms with van der Waals surface area (Å²) in [6.45, 7) is 7.73. The van der Waals surface area contributed by atoms with Crippen LogP contribution in [0.5, 0.6) is 11.5 Å². The van der Waals surface area contributed by atoms with Gasteiger partial charge in [-0.2, -0.15) is 0 Å². The van der Waals surface area contributed by atoms with Gasteiger partial charge >= 0.3 is 5.97 Å². The molecule has 2 aromatic rings. The molecular weight excluding hydrogens is 372 g/mol. The van der Waals surface area contributed by atoms with Gasteiger partial charge in [-0.3, -0.25) is 0 Å². The van der Waals surface area contributed by atoms with Gasteiger partial charge < -0.3 is 24.4 Å². The largest absolute Gasteiger partial charge is 0.491 e. The Bertz CT molecular complexity index is 802. The molecule has 0 fully saturated rings. The number of ether oxygens (including phenoxy) is 3. The van der Waals surface area contributed by atoms with Crippen molar-refractivity contribution in [2.24, 2.45) is 0 Å². The van der Waals surface area contributed by atoms with Crippen LogP contribution in [0.3, 0.4) is 0 Å². The molecular formula is C23H30O6. The molecule has 0 aromatic heterocycles. The number of carbonyl (C=O) groups is 1. The third-order valence-electron chi connectivity index (χ3n) is 4.25. The Kier molecular flexibility index (Phi) is 8.49. The van der Waals surface area contributed by atoms with E-state index < -0.39 is 18.2 Å². The third-order valence-corrected chi connectivity index (χ3v) is 4.25. The van der Waals surface area contributed by atoms with Gasteiger partial charge in [0, 0.05) is 6.42 Å². The monoisotopic (exact) mass is 402 g/mol. The van der Waals surface area contributed by atoms with Gasteiger partial charge in [0.15, 0.2) is 6.10 Å². The highest BCUT2D eigenvalue weighted by Gasteiger charge is 2.20. The first kappa shape index (κ1) is 22.7. The molecule has 0 aliphatic rings. The molecule has 0 bridgehead atoms. The minimum absolute atomic E-state index is 0.0686. The summed E-state index contributed by atoms with van der Waals surface area (Å²) >= 11 is 0. The fourth-order valence-electron chi connectivity index (χ4n) is 2.79. The molecule has 0 aliphatic heterocycles. The van der Waals surface area contributed by atoms with Crippen molar-refractivity contribution in [3.63, 3.8) is 0 Å². The van der Waals surface area contributed by atoms with Crippen molar-refractivity contribution >= 4 is 5.97 Å². The van der Waals surface area contributed by atoms with Crippen LogP contribution in [-0.2, 0) is 16.0 Å². The molecule has 0 saturated heterocycles. The van der Waals surface area contributed by atoms with Crippen LogP contribution in [0, 0.1) is 13.8 Å². The lowest BCUT2D eigenvalue weighted by molar-refractivity contribution is -0.153. The Morgan fingerprint density at radius 3 is 2.45 bits per heavy atom. The van der Waals surface area contributed by atoms with Crippen molar-refractivity contribution in [2.45, 2.75) is 52.4 Å². The van der Waals surface area contributed by atoms with Crippen molar-refractivity contribution in [1.82, 2.24) is 0 Å². The second-order valence-corrected chi connectivity index (χ2v) is 7.41.